The molecular formula is C19H23F3N6O4. The Kier molecular flexibility index (Phi) is 7.09. The lowest BCUT2D eigenvalue weighted by Crippen LogP contribution is -2.43. The van der Waals surface area contributed by atoms with Crippen LogP contribution in [0.5, 0.6) is 0 Å². The van der Waals surface area contributed by atoms with Gasteiger partial charge in [0.15, 0.2) is 0 Å². The summed E-state index contributed by atoms with van der Waals surface area (Å²) in [4.78, 5) is 23.6. The fourth-order valence-electron chi connectivity index (χ4n) is 3.91. The lowest BCUT2D eigenvalue weighted by molar-refractivity contribution is -0.192. The van der Waals surface area contributed by atoms with Crippen molar-refractivity contribution in [3.63, 3.8) is 0 Å². The molecular weight excluding hydrogens is 433 g/mol. The second-order valence-corrected chi connectivity index (χ2v) is 7.88. The molecule has 2 aliphatic rings. The fraction of sp³-hybridized carbons (Fsp3) is 0.526. The van der Waals surface area contributed by atoms with E-state index in [2.05, 4.69) is 31.7 Å². The van der Waals surface area contributed by atoms with Crippen LogP contribution in [0.2, 0.25) is 0 Å². The van der Waals surface area contributed by atoms with Crippen LogP contribution >= 0.6 is 0 Å². The Morgan fingerprint density at radius 2 is 2.09 bits per heavy atom. The highest BCUT2D eigenvalue weighted by atomic mass is 19.4. The van der Waals surface area contributed by atoms with Crippen molar-refractivity contribution < 1.29 is 32.6 Å². The molecule has 2 fully saturated rings. The molecule has 10 nitrogen and oxygen atoms in total. The number of ether oxygens (including phenoxy) is 1. The molecule has 2 saturated heterocycles. The number of amides is 1. The summed E-state index contributed by atoms with van der Waals surface area (Å²) in [7, 11) is 1.93. The Morgan fingerprint density at radius 1 is 1.34 bits per heavy atom. The molecule has 2 aliphatic heterocycles. The number of aromatic nitrogens is 4. The number of nitrogens with one attached hydrogen (secondary N) is 1. The van der Waals surface area contributed by atoms with Crippen molar-refractivity contribution in [2.75, 3.05) is 32.8 Å². The number of carbonyl (C=O) groups is 2. The van der Waals surface area contributed by atoms with E-state index in [4.69, 9.17) is 14.6 Å². The monoisotopic (exact) mass is 456 g/mol. The van der Waals surface area contributed by atoms with Gasteiger partial charge in [0.1, 0.15) is 0 Å². The summed E-state index contributed by atoms with van der Waals surface area (Å²) in [6.45, 7) is 4.85. The zero-order chi connectivity index (χ0) is 23.4. The Labute approximate surface area is 181 Å². The number of carboxylic acids is 1. The van der Waals surface area contributed by atoms with Crippen LogP contribution in [-0.2, 0) is 23.1 Å². The summed E-state index contributed by atoms with van der Waals surface area (Å²) < 4.78 is 39.3. The maximum Gasteiger partial charge on any atom is 0.490 e. The van der Waals surface area contributed by atoms with Crippen LogP contribution in [0, 0.1) is 11.3 Å². The first-order chi connectivity index (χ1) is 15.1. The minimum Gasteiger partial charge on any atom is -0.475 e. The fourth-order valence-corrected chi connectivity index (χ4v) is 3.91. The smallest absolute Gasteiger partial charge is 0.475 e. The van der Waals surface area contributed by atoms with E-state index in [0.717, 1.165) is 26.2 Å². The molecule has 0 aromatic carbocycles. The van der Waals surface area contributed by atoms with Crippen LogP contribution in [0.15, 0.2) is 30.9 Å². The summed E-state index contributed by atoms with van der Waals surface area (Å²) in [5.74, 6) is -2.42. The Hall–Kier alpha value is -3.06. The van der Waals surface area contributed by atoms with Crippen LogP contribution in [-0.4, -0.2) is 80.9 Å². The molecule has 2 aromatic heterocycles. The van der Waals surface area contributed by atoms with Gasteiger partial charge >= 0.3 is 12.1 Å². The lowest BCUT2D eigenvalue weighted by Gasteiger charge is -2.27. The molecule has 0 radical (unpaired) electrons. The van der Waals surface area contributed by atoms with E-state index in [-0.39, 0.29) is 11.3 Å². The predicted octanol–water partition coefficient (Wildman–Crippen LogP) is 0.722. The quantitative estimate of drug-likeness (QED) is 0.675. The van der Waals surface area contributed by atoms with Crippen molar-refractivity contribution in [2.45, 2.75) is 12.7 Å². The van der Waals surface area contributed by atoms with Crippen molar-refractivity contribution in [1.29, 1.82) is 0 Å². The van der Waals surface area contributed by atoms with Gasteiger partial charge in [-0.1, -0.05) is 0 Å². The summed E-state index contributed by atoms with van der Waals surface area (Å²) in [5, 5.41) is 21.9. The Morgan fingerprint density at radius 3 is 2.69 bits per heavy atom. The molecule has 0 spiro atoms. The van der Waals surface area contributed by atoms with Gasteiger partial charge in [-0.25, -0.2) is 4.79 Å². The molecule has 32 heavy (non-hydrogen) atoms. The van der Waals surface area contributed by atoms with Crippen LogP contribution in [0.1, 0.15) is 15.9 Å². The van der Waals surface area contributed by atoms with E-state index in [1.54, 1.807) is 6.07 Å². The number of likely N-dealkylation sites (tertiary alicyclic amines) is 1. The number of carbonyl (C=O) groups excluding carboxylic acids is 1. The van der Waals surface area contributed by atoms with Gasteiger partial charge in [0, 0.05) is 56.3 Å². The van der Waals surface area contributed by atoms with Crippen molar-refractivity contribution in [3.05, 3.63) is 42.0 Å². The molecule has 2 aromatic rings. The van der Waals surface area contributed by atoms with Gasteiger partial charge in [-0.15, -0.1) is 0 Å². The van der Waals surface area contributed by atoms with Gasteiger partial charge < -0.3 is 15.2 Å². The van der Waals surface area contributed by atoms with Gasteiger partial charge in [-0.05, 0) is 6.07 Å². The van der Waals surface area contributed by atoms with Crippen molar-refractivity contribution in [2.24, 2.45) is 18.4 Å². The predicted molar refractivity (Wildman–Crippen MR) is 103 cm³/mol. The third-order valence-corrected chi connectivity index (χ3v) is 5.45. The number of hydrogen-bond donors (Lipinski definition) is 2. The molecule has 174 valence electrons. The molecule has 4 heterocycles. The van der Waals surface area contributed by atoms with E-state index in [1.807, 2.05) is 17.9 Å². The van der Waals surface area contributed by atoms with E-state index in [0.29, 0.717) is 24.6 Å². The largest absolute Gasteiger partial charge is 0.490 e. The topological polar surface area (TPSA) is 122 Å². The van der Waals surface area contributed by atoms with Gasteiger partial charge in [0.25, 0.3) is 5.91 Å². The Balaban J connectivity index is 0.000000360. The zero-order valence-electron chi connectivity index (χ0n) is 17.2. The summed E-state index contributed by atoms with van der Waals surface area (Å²) in [6.07, 6.45) is 1.89. The SMILES string of the molecule is Cn1cc(CN2C[C@@H]3COC[C@]3(CNC(=O)c3ccnnc3)C2)cn1.O=C(O)C(F)(F)F. The van der Waals surface area contributed by atoms with Crippen molar-refractivity contribution >= 4 is 11.9 Å². The number of carboxylic acid groups (broad SMARTS) is 1. The molecule has 2 N–H and O–H groups in total. The standard InChI is InChI=1S/C17H22N6O2.C2HF3O2/c1-22-6-13(4-21-22)7-23-8-15-9-25-12-17(15,11-23)10-18-16(24)14-2-3-19-20-5-14;3-2(4,5)1(6)7/h2-6,15H,7-12H2,1H3,(H,18,24);(H,6,7)/t15-,17+;/m1./s1. The third kappa shape index (κ3) is 5.79. The molecule has 0 unspecified atom stereocenters. The maximum absolute atomic E-state index is 12.3. The number of fused-ring (bicyclic) bond motifs is 1. The minimum atomic E-state index is -5.08. The summed E-state index contributed by atoms with van der Waals surface area (Å²) in [5.41, 5.74) is 1.73. The normalized spacial score (nSPS) is 22.7. The first-order valence-electron chi connectivity index (χ1n) is 9.72. The molecule has 4 rings (SSSR count). The van der Waals surface area contributed by atoms with Gasteiger partial charge in [0.2, 0.25) is 0 Å². The van der Waals surface area contributed by atoms with E-state index < -0.39 is 12.1 Å². The molecule has 0 bridgehead atoms. The lowest BCUT2D eigenvalue weighted by atomic mass is 9.81. The highest BCUT2D eigenvalue weighted by molar-refractivity contribution is 5.93. The maximum atomic E-state index is 12.3. The number of nitrogens with zero attached hydrogens (tertiary/aromatic N) is 5. The number of aliphatic carboxylic acids is 1. The van der Waals surface area contributed by atoms with Crippen LogP contribution < -0.4 is 5.32 Å². The number of hydrogen-bond acceptors (Lipinski definition) is 7. The van der Waals surface area contributed by atoms with Crippen LogP contribution in [0.25, 0.3) is 0 Å². The van der Waals surface area contributed by atoms with E-state index >= 15 is 0 Å². The first kappa shape index (κ1) is 23.6. The average molecular weight is 456 g/mol. The van der Waals surface area contributed by atoms with Gasteiger partial charge in [-0.3, -0.25) is 14.4 Å². The Bertz CT molecular complexity index is 939. The number of rotatable bonds is 5. The molecule has 2 atom stereocenters. The van der Waals surface area contributed by atoms with E-state index in [9.17, 15) is 18.0 Å². The van der Waals surface area contributed by atoms with Crippen LogP contribution in [0.3, 0.4) is 0 Å². The highest BCUT2D eigenvalue weighted by Gasteiger charge is 2.50. The highest BCUT2D eigenvalue weighted by Crippen LogP contribution is 2.41. The third-order valence-electron chi connectivity index (χ3n) is 5.45. The second-order valence-electron chi connectivity index (χ2n) is 7.88. The van der Waals surface area contributed by atoms with Gasteiger partial charge in [-0.2, -0.15) is 28.5 Å². The number of aryl methyl sites for hydroxylation is 1. The number of alkyl halides is 3. The second kappa shape index (κ2) is 9.61. The average Bonchev–Trinajstić information content (AvgIpc) is 3.41. The molecule has 0 saturated carbocycles. The van der Waals surface area contributed by atoms with Crippen molar-refractivity contribution in [1.82, 2.24) is 30.2 Å². The first-order valence-corrected chi connectivity index (χ1v) is 9.72. The van der Waals surface area contributed by atoms with Crippen molar-refractivity contribution in [3.8, 4) is 0 Å². The van der Waals surface area contributed by atoms with Gasteiger partial charge in [0.05, 0.1) is 37.4 Å². The summed E-state index contributed by atoms with van der Waals surface area (Å²) in [6, 6.07) is 1.67. The summed E-state index contributed by atoms with van der Waals surface area (Å²) >= 11 is 0. The molecule has 13 heteroatoms. The molecule has 0 aliphatic carbocycles. The minimum absolute atomic E-state index is 0.0155. The van der Waals surface area contributed by atoms with Crippen LogP contribution in [0.4, 0.5) is 13.2 Å². The van der Waals surface area contributed by atoms with E-state index in [1.165, 1.54) is 18.0 Å². The zero-order valence-corrected chi connectivity index (χ0v) is 17.2. The molecule has 1 amide bonds. The number of halogens is 3.